The minimum atomic E-state index is 0.119. The van der Waals surface area contributed by atoms with Crippen molar-refractivity contribution >= 4 is 0 Å². The Morgan fingerprint density at radius 3 is 2.33 bits per heavy atom. The van der Waals surface area contributed by atoms with Gasteiger partial charge in [-0.2, -0.15) is 0 Å². The Morgan fingerprint density at radius 1 is 1.19 bits per heavy atom. The second-order valence-electron chi connectivity index (χ2n) is 7.66. The minimum Gasteiger partial charge on any atom is -0.323 e. The molecule has 2 heteroatoms. The van der Waals surface area contributed by atoms with Gasteiger partial charge in [-0.05, 0) is 42.7 Å². The smallest absolute Gasteiger partial charge is 0.0424 e. The van der Waals surface area contributed by atoms with Crippen molar-refractivity contribution in [3.63, 3.8) is 0 Å². The normalized spacial score (nSPS) is 25.2. The molecule has 0 amide bonds. The van der Waals surface area contributed by atoms with Gasteiger partial charge in [0, 0.05) is 24.7 Å². The van der Waals surface area contributed by atoms with Gasteiger partial charge < -0.3 is 5.73 Å². The molecule has 0 radical (unpaired) electrons. The van der Waals surface area contributed by atoms with Crippen molar-refractivity contribution in [2.24, 2.45) is 5.73 Å². The molecular weight excluding hydrogens is 256 g/mol. The summed E-state index contributed by atoms with van der Waals surface area (Å²) >= 11 is 0. The number of benzene rings is 1. The third kappa shape index (κ3) is 3.87. The van der Waals surface area contributed by atoms with Gasteiger partial charge in [-0.3, -0.25) is 4.90 Å². The van der Waals surface area contributed by atoms with E-state index in [1.165, 1.54) is 30.4 Å². The van der Waals surface area contributed by atoms with E-state index in [9.17, 15) is 0 Å². The zero-order valence-electron chi connectivity index (χ0n) is 14.4. The van der Waals surface area contributed by atoms with E-state index >= 15 is 0 Å². The van der Waals surface area contributed by atoms with E-state index < -0.39 is 0 Å². The van der Waals surface area contributed by atoms with Crippen molar-refractivity contribution in [3.05, 3.63) is 35.4 Å². The molecule has 0 aromatic heterocycles. The maximum absolute atomic E-state index is 6.47. The topological polar surface area (TPSA) is 29.3 Å². The second-order valence-corrected chi connectivity index (χ2v) is 7.66. The van der Waals surface area contributed by atoms with Gasteiger partial charge in [0.2, 0.25) is 0 Å². The molecule has 3 atom stereocenters. The fourth-order valence-corrected chi connectivity index (χ4v) is 3.46. The van der Waals surface area contributed by atoms with Crippen LogP contribution in [-0.4, -0.2) is 23.5 Å². The highest BCUT2D eigenvalue weighted by molar-refractivity contribution is 5.29. The van der Waals surface area contributed by atoms with E-state index in [0.717, 1.165) is 12.6 Å². The minimum absolute atomic E-state index is 0.119. The van der Waals surface area contributed by atoms with Crippen molar-refractivity contribution in [1.29, 1.82) is 0 Å². The summed E-state index contributed by atoms with van der Waals surface area (Å²) in [5.41, 5.74) is 9.31. The predicted octanol–water partition coefficient (Wildman–Crippen LogP) is 4.25. The van der Waals surface area contributed by atoms with Crippen LogP contribution in [0.3, 0.4) is 0 Å². The summed E-state index contributed by atoms with van der Waals surface area (Å²) in [5, 5.41) is 0. The summed E-state index contributed by atoms with van der Waals surface area (Å²) in [7, 11) is 0. The summed E-state index contributed by atoms with van der Waals surface area (Å²) in [4.78, 5) is 2.61. The molecule has 1 aliphatic heterocycles. The Bertz CT molecular complexity index is 444. The SMILES string of the molecule is CCC1CCC(C)N1CC(N)c1ccc(C(C)(C)C)cc1. The van der Waals surface area contributed by atoms with Gasteiger partial charge in [-0.1, -0.05) is 52.0 Å². The van der Waals surface area contributed by atoms with Crippen LogP contribution in [0.15, 0.2) is 24.3 Å². The monoisotopic (exact) mass is 288 g/mol. The summed E-state index contributed by atoms with van der Waals surface area (Å²) < 4.78 is 0. The number of hydrogen-bond acceptors (Lipinski definition) is 2. The third-order valence-corrected chi connectivity index (χ3v) is 5.04. The van der Waals surface area contributed by atoms with E-state index in [4.69, 9.17) is 5.73 Å². The molecule has 0 saturated carbocycles. The van der Waals surface area contributed by atoms with E-state index in [-0.39, 0.29) is 11.5 Å². The molecule has 1 saturated heterocycles. The first-order valence-corrected chi connectivity index (χ1v) is 8.44. The molecule has 0 bridgehead atoms. The Hall–Kier alpha value is -0.860. The lowest BCUT2D eigenvalue weighted by Crippen LogP contribution is -2.39. The van der Waals surface area contributed by atoms with E-state index in [1.54, 1.807) is 0 Å². The van der Waals surface area contributed by atoms with Crippen LogP contribution in [0.2, 0.25) is 0 Å². The van der Waals surface area contributed by atoms with Crippen molar-refractivity contribution < 1.29 is 0 Å². The highest BCUT2D eigenvalue weighted by atomic mass is 15.2. The lowest BCUT2D eigenvalue weighted by molar-refractivity contribution is 0.186. The quantitative estimate of drug-likeness (QED) is 0.897. The lowest BCUT2D eigenvalue weighted by atomic mass is 9.86. The Balaban J connectivity index is 2.04. The van der Waals surface area contributed by atoms with Crippen molar-refractivity contribution in [3.8, 4) is 0 Å². The van der Waals surface area contributed by atoms with Gasteiger partial charge in [0.25, 0.3) is 0 Å². The standard InChI is InChI=1S/C19H32N2/c1-6-17-12-7-14(2)21(17)13-18(20)15-8-10-16(11-9-15)19(3,4)5/h8-11,14,17-18H,6-7,12-13,20H2,1-5H3. The summed E-state index contributed by atoms with van der Waals surface area (Å²) in [5.74, 6) is 0. The summed E-state index contributed by atoms with van der Waals surface area (Å²) in [6.45, 7) is 12.4. The van der Waals surface area contributed by atoms with Crippen LogP contribution in [0.5, 0.6) is 0 Å². The molecule has 2 N–H and O–H groups in total. The molecule has 2 nitrogen and oxygen atoms in total. The maximum Gasteiger partial charge on any atom is 0.0424 e. The van der Waals surface area contributed by atoms with E-state index in [0.29, 0.717) is 6.04 Å². The van der Waals surface area contributed by atoms with E-state index in [1.807, 2.05) is 0 Å². The zero-order valence-corrected chi connectivity index (χ0v) is 14.4. The van der Waals surface area contributed by atoms with Gasteiger partial charge in [0.05, 0.1) is 0 Å². The van der Waals surface area contributed by atoms with Crippen LogP contribution >= 0.6 is 0 Å². The largest absolute Gasteiger partial charge is 0.323 e. The molecule has 21 heavy (non-hydrogen) atoms. The lowest BCUT2D eigenvalue weighted by Gasteiger charge is -2.30. The van der Waals surface area contributed by atoms with Gasteiger partial charge in [0.15, 0.2) is 0 Å². The molecule has 2 rings (SSSR count). The Morgan fingerprint density at radius 2 is 1.81 bits per heavy atom. The van der Waals surface area contributed by atoms with Crippen molar-refractivity contribution in [2.45, 2.75) is 77.4 Å². The first-order chi connectivity index (χ1) is 9.82. The first kappa shape index (κ1) is 16.5. The predicted molar refractivity (Wildman–Crippen MR) is 91.6 cm³/mol. The summed E-state index contributed by atoms with van der Waals surface area (Å²) in [6.07, 6.45) is 3.88. The molecule has 1 heterocycles. The number of nitrogens with zero attached hydrogens (tertiary/aromatic N) is 1. The van der Waals surface area contributed by atoms with E-state index in [2.05, 4.69) is 63.8 Å². The highest BCUT2D eigenvalue weighted by Crippen LogP contribution is 2.29. The van der Waals surface area contributed by atoms with Crippen LogP contribution in [-0.2, 0) is 5.41 Å². The van der Waals surface area contributed by atoms with Gasteiger partial charge >= 0.3 is 0 Å². The summed E-state index contributed by atoms with van der Waals surface area (Å²) in [6, 6.07) is 10.4. The molecule has 0 spiro atoms. The fraction of sp³-hybridized carbons (Fsp3) is 0.684. The molecule has 1 aliphatic rings. The average molecular weight is 288 g/mol. The number of rotatable bonds is 4. The third-order valence-electron chi connectivity index (χ3n) is 5.04. The molecule has 1 fully saturated rings. The molecule has 118 valence electrons. The average Bonchev–Trinajstić information content (AvgIpc) is 2.79. The van der Waals surface area contributed by atoms with Crippen molar-refractivity contribution in [1.82, 2.24) is 4.90 Å². The van der Waals surface area contributed by atoms with Crippen LogP contribution < -0.4 is 5.73 Å². The van der Waals surface area contributed by atoms with Crippen molar-refractivity contribution in [2.75, 3.05) is 6.54 Å². The number of hydrogen-bond donors (Lipinski definition) is 1. The molecule has 3 unspecified atom stereocenters. The Labute approximate surface area is 130 Å². The fourth-order valence-electron chi connectivity index (χ4n) is 3.46. The Kier molecular flexibility index (Phi) is 5.11. The van der Waals surface area contributed by atoms with Crippen LogP contribution in [0.25, 0.3) is 0 Å². The highest BCUT2D eigenvalue weighted by Gasteiger charge is 2.30. The molecular formula is C19H32N2. The van der Waals surface area contributed by atoms with Gasteiger partial charge in [-0.25, -0.2) is 0 Å². The number of likely N-dealkylation sites (tertiary alicyclic amines) is 1. The molecule has 0 aliphatic carbocycles. The maximum atomic E-state index is 6.47. The molecule has 1 aromatic rings. The van der Waals surface area contributed by atoms with Gasteiger partial charge in [-0.15, -0.1) is 0 Å². The number of nitrogens with two attached hydrogens (primary N) is 1. The zero-order chi connectivity index (χ0) is 15.6. The first-order valence-electron chi connectivity index (χ1n) is 8.44. The van der Waals surface area contributed by atoms with Crippen LogP contribution in [0.1, 0.15) is 71.0 Å². The second kappa shape index (κ2) is 6.50. The molecule has 1 aromatic carbocycles. The van der Waals surface area contributed by atoms with Crippen LogP contribution in [0.4, 0.5) is 0 Å². The van der Waals surface area contributed by atoms with Crippen LogP contribution in [0, 0.1) is 0 Å². The van der Waals surface area contributed by atoms with Gasteiger partial charge in [0.1, 0.15) is 0 Å².